The van der Waals surface area contributed by atoms with Crippen LogP contribution in [0.5, 0.6) is 0 Å². The van der Waals surface area contributed by atoms with Gasteiger partial charge in [0.15, 0.2) is 0 Å². The summed E-state index contributed by atoms with van der Waals surface area (Å²) < 4.78 is 1.80. The second kappa shape index (κ2) is 8.85. The molecule has 1 aromatic rings. The predicted octanol–water partition coefficient (Wildman–Crippen LogP) is 4.09. The Bertz CT molecular complexity index is 469. The van der Waals surface area contributed by atoms with Crippen LogP contribution < -0.4 is 11.4 Å². The molecule has 1 rings (SSSR count). The third-order valence-corrected chi connectivity index (χ3v) is 4.29. The lowest BCUT2D eigenvalue weighted by Crippen LogP contribution is -2.39. The van der Waals surface area contributed by atoms with Crippen molar-refractivity contribution in [1.29, 1.82) is 0 Å². The molecule has 21 heavy (non-hydrogen) atoms. The lowest BCUT2D eigenvalue weighted by atomic mass is 9.88. The summed E-state index contributed by atoms with van der Waals surface area (Å²) in [5.41, 5.74) is 5.25. The molecule has 1 unspecified atom stereocenters. The molecule has 0 saturated carbocycles. The first-order chi connectivity index (χ1) is 10.0. The molecule has 0 bridgehead atoms. The van der Waals surface area contributed by atoms with E-state index in [9.17, 15) is 4.79 Å². The molecule has 0 aliphatic carbocycles. The maximum absolute atomic E-state index is 12.2. The van der Waals surface area contributed by atoms with Crippen molar-refractivity contribution in [2.45, 2.75) is 84.1 Å². The minimum atomic E-state index is -0.218. The van der Waals surface area contributed by atoms with Crippen LogP contribution in [0.3, 0.4) is 0 Å². The third-order valence-electron chi connectivity index (χ3n) is 4.29. The van der Waals surface area contributed by atoms with E-state index in [0.29, 0.717) is 5.82 Å². The zero-order chi connectivity index (χ0) is 15.7. The van der Waals surface area contributed by atoms with Crippen LogP contribution in [0.15, 0.2) is 17.1 Å². The van der Waals surface area contributed by atoms with Crippen molar-refractivity contribution >= 4 is 5.82 Å². The molecule has 0 radical (unpaired) electrons. The minimum absolute atomic E-state index is 0.138. The molecule has 0 amide bonds. The Kier molecular flexibility index (Phi) is 7.48. The van der Waals surface area contributed by atoms with Crippen LogP contribution in [0.1, 0.15) is 78.6 Å². The third kappa shape index (κ3) is 5.52. The number of nitrogen functional groups attached to an aromatic ring is 1. The van der Waals surface area contributed by atoms with Crippen LogP contribution in [0, 0.1) is 0 Å². The van der Waals surface area contributed by atoms with E-state index in [1.807, 2.05) is 6.20 Å². The summed E-state index contributed by atoms with van der Waals surface area (Å²) >= 11 is 0. The highest BCUT2D eigenvalue weighted by molar-refractivity contribution is 5.23. The Hall–Kier alpha value is -1.32. The van der Waals surface area contributed by atoms with E-state index in [1.165, 1.54) is 32.1 Å². The maximum atomic E-state index is 12.2. The number of unbranched alkanes of at least 4 members (excludes halogenated alkanes) is 5. The van der Waals surface area contributed by atoms with Crippen molar-refractivity contribution in [1.82, 2.24) is 9.55 Å². The molecule has 4 nitrogen and oxygen atoms in total. The van der Waals surface area contributed by atoms with Crippen molar-refractivity contribution in [3.05, 3.63) is 22.7 Å². The molecule has 0 aliphatic rings. The van der Waals surface area contributed by atoms with E-state index in [2.05, 4.69) is 25.8 Å². The van der Waals surface area contributed by atoms with Gasteiger partial charge < -0.3 is 5.73 Å². The van der Waals surface area contributed by atoms with Crippen molar-refractivity contribution in [3.8, 4) is 0 Å². The van der Waals surface area contributed by atoms with Gasteiger partial charge in [0.05, 0.1) is 0 Å². The molecular weight excluding hydrogens is 262 g/mol. The van der Waals surface area contributed by atoms with Crippen LogP contribution in [0.2, 0.25) is 0 Å². The van der Waals surface area contributed by atoms with Gasteiger partial charge in [-0.3, -0.25) is 4.57 Å². The molecule has 1 atom stereocenters. The van der Waals surface area contributed by atoms with Crippen LogP contribution in [-0.2, 0) is 5.54 Å². The van der Waals surface area contributed by atoms with Gasteiger partial charge in [-0.05, 0) is 25.8 Å². The topological polar surface area (TPSA) is 60.9 Å². The van der Waals surface area contributed by atoms with Gasteiger partial charge in [-0.2, -0.15) is 4.98 Å². The zero-order valence-corrected chi connectivity index (χ0v) is 13.9. The molecule has 1 heterocycles. The van der Waals surface area contributed by atoms with Crippen LogP contribution >= 0.6 is 0 Å². The van der Waals surface area contributed by atoms with E-state index >= 15 is 0 Å². The molecule has 1 aromatic heterocycles. The molecule has 0 saturated heterocycles. The average Bonchev–Trinajstić information content (AvgIpc) is 2.44. The van der Waals surface area contributed by atoms with E-state index in [-0.39, 0.29) is 11.2 Å². The van der Waals surface area contributed by atoms with Crippen LogP contribution in [0.25, 0.3) is 0 Å². The second-order valence-corrected chi connectivity index (χ2v) is 6.27. The molecule has 0 fully saturated rings. The maximum Gasteiger partial charge on any atom is 0.349 e. The number of nitrogens with two attached hydrogens (primary N) is 1. The van der Waals surface area contributed by atoms with Crippen molar-refractivity contribution in [3.63, 3.8) is 0 Å². The molecule has 4 heteroatoms. The van der Waals surface area contributed by atoms with E-state index in [0.717, 1.165) is 25.7 Å². The number of anilines is 1. The first-order valence-corrected chi connectivity index (χ1v) is 8.39. The van der Waals surface area contributed by atoms with Crippen molar-refractivity contribution in [2.24, 2.45) is 0 Å². The monoisotopic (exact) mass is 293 g/mol. The summed E-state index contributed by atoms with van der Waals surface area (Å²) in [6.07, 6.45) is 12.3. The Morgan fingerprint density at radius 2 is 1.67 bits per heavy atom. The fourth-order valence-corrected chi connectivity index (χ4v) is 2.88. The zero-order valence-electron chi connectivity index (χ0n) is 13.9. The van der Waals surface area contributed by atoms with Gasteiger partial charge in [-0.25, -0.2) is 4.79 Å². The lowest BCUT2D eigenvalue weighted by molar-refractivity contribution is 0.241. The van der Waals surface area contributed by atoms with Gasteiger partial charge in [0.25, 0.3) is 0 Å². The van der Waals surface area contributed by atoms with Gasteiger partial charge in [0, 0.05) is 11.7 Å². The van der Waals surface area contributed by atoms with Gasteiger partial charge >= 0.3 is 5.69 Å². The van der Waals surface area contributed by atoms with Gasteiger partial charge in [0.1, 0.15) is 5.82 Å². The summed E-state index contributed by atoms with van der Waals surface area (Å²) in [5.74, 6) is 0.304. The summed E-state index contributed by atoms with van der Waals surface area (Å²) in [6.45, 7) is 6.61. The summed E-state index contributed by atoms with van der Waals surface area (Å²) in [4.78, 5) is 16.1. The molecule has 0 aromatic carbocycles. The number of nitrogens with zero attached hydrogens (tertiary/aromatic N) is 2. The summed E-state index contributed by atoms with van der Waals surface area (Å²) in [5, 5.41) is 0. The number of aromatic nitrogens is 2. The largest absolute Gasteiger partial charge is 0.383 e. The highest BCUT2D eigenvalue weighted by Crippen LogP contribution is 2.28. The van der Waals surface area contributed by atoms with Crippen LogP contribution in [0.4, 0.5) is 5.82 Å². The number of hydrogen-bond acceptors (Lipinski definition) is 3. The van der Waals surface area contributed by atoms with Gasteiger partial charge in [-0.1, -0.05) is 58.8 Å². The first kappa shape index (κ1) is 17.7. The van der Waals surface area contributed by atoms with Gasteiger partial charge in [0.2, 0.25) is 0 Å². The fraction of sp³-hybridized carbons (Fsp3) is 0.765. The first-order valence-electron chi connectivity index (χ1n) is 8.39. The Labute approximate surface area is 128 Å². The highest BCUT2D eigenvalue weighted by Gasteiger charge is 2.26. The summed E-state index contributed by atoms with van der Waals surface area (Å²) in [6, 6.07) is 1.73. The normalized spacial score (nSPS) is 14.0. The minimum Gasteiger partial charge on any atom is -0.383 e. The fourth-order valence-electron chi connectivity index (χ4n) is 2.88. The Balaban J connectivity index is 2.85. The predicted molar refractivity (Wildman–Crippen MR) is 89.5 cm³/mol. The smallest absolute Gasteiger partial charge is 0.349 e. The molecular formula is C17H31N3O. The van der Waals surface area contributed by atoms with Crippen molar-refractivity contribution in [2.75, 3.05) is 5.73 Å². The number of rotatable bonds is 10. The Morgan fingerprint density at radius 3 is 2.24 bits per heavy atom. The SMILES string of the molecule is CCCCCCC(C)(CCCCC)n1ccc(N)nc1=O. The lowest BCUT2D eigenvalue weighted by Gasteiger charge is -2.32. The van der Waals surface area contributed by atoms with E-state index in [4.69, 9.17) is 5.73 Å². The average molecular weight is 293 g/mol. The van der Waals surface area contributed by atoms with Gasteiger partial charge in [-0.15, -0.1) is 0 Å². The molecule has 120 valence electrons. The molecule has 0 aliphatic heterocycles. The highest BCUT2D eigenvalue weighted by atomic mass is 16.1. The Morgan fingerprint density at radius 1 is 1.10 bits per heavy atom. The summed E-state index contributed by atoms with van der Waals surface area (Å²) in [7, 11) is 0. The van der Waals surface area contributed by atoms with Crippen LogP contribution in [-0.4, -0.2) is 9.55 Å². The van der Waals surface area contributed by atoms with E-state index in [1.54, 1.807) is 10.6 Å². The van der Waals surface area contributed by atoms with E-state index < -0.39 is 0 Å². The molecule has 0 spiro atoms. The molecule has 2 N–H and O–H groups in total. The standard InChI is InChI=1S/C17H31N3O/c1-4-6-8-10-13-17(3,12-9-7-5-2)20-14-11-15(18)19-16(20)21/h11,14H,4-10,12-13H2,1-3H3,(H2,18,19,21). The van der Waals surface area contributed by atoms with Crippen molar-refractivity contribution < 1.29 is 0 Å². The number of hydrogen-bond donors (Lipinski definition) is 1. The quantitative estimate of drug-likeness (QED) is 0.661. The second-order valence-electron chi connectivity index (χ2n) is 6.27.